The second-order valence-electron chi connectivity index (χ2n) is 5.41. The van der Waals surface area contributed by atoms with E-state index in [1.54, 1.807) is 0 Å². The summed E-state index contributed by atoms with van der Waals surface area (Å²) in [5.74, 6) is 0.393. The van der Waals surface area contributed by atoms with Crippen molar-refractivity contribution < 1.29 is 4.79 Å². The predicted octanol–water partition coefficient (Wildman–Crippen LogP) is 0.831. The molecule has 0 aromatic carbocycles. The molecule has 0 aromatic heterocycles. The third-order valence-corrected chi connectivity index (χ3v) is 3.43. The lowest BCUT2D eigenvalue weighted by molar-refractivity contribution is -0.124. The second-order valence-corrected chi connectivity index (χ2v) is 5.41. The third-order valence-electron chi connectivity index (χ3n) is 3.43. The van der Waals surface area contributed by atoms with E-state index in [1.807, 2.05) is 0 Å². The van der Waals surface area contributed by atoms with Crippen molar-refractivity contribution in [3.8, 4) is 0 Å². The molecule has 0 spiro atoms. The summed E-state index contributed by atoms with van der Waals surface area (Å²) < 4.78 is 0. The number of hydrogen-bond donors (Lipinski definition) is 2. The van der Waals surface area contributed by atoms with Crippen molar-refractivity contribution in [1.29, 1.82) is 0 Å². The van der Waals surface area contributed by atoms with Gasteiger partial charge < -0.3 is 10.6 Å². The minimum absolute atomic E-state index is 0.182. The Morgan fingerprint density at radius 1 is 1.35 bits per heavy atom. The number of carbonyl (C=O) groups is 1. The molecule has 100 valence electrons. The van der Waals surface area contributed by atoms with Crippen LogP contribution in [0, 0.1) is 5.92 Å². The van der Waals surface area contributed by atoms with Gasteiger partial charge in [-0.05, 0) is 40.7 Å². The van der Waals surface area contributed by atoms with E-state index >= 15 is 0 Å². The van der Waals surface area contributed by atoms with Crippen molar-refractivity contribution in [3.63, 3.8) is 0 Å². The highest BCUT2D eigenvalue weighted by molar-refractivity contribution is 5.79. The van der Waals surface area contributed by atoms with Crippen molar-refractivity contribution >= 4 is 5.91 Å². The second kappa shape index (κ2) is 6.97. The number of carbonyl (C=O) groups excluding carboxylic acids is 1. The normalized spacial score (nSPS) is 20.5. The van der Waals surface area contributed by atoms with Crippen molar-refractivity contribution in [2.45, 2.75) is 46.2 Å². The van der Waals surface area contributed by atoms with Gasteiger partial charge in [0.15, 0.2) is 0 Å². The van der Waals surface area contributed by atoms with Crippen LogP contribution in [0.5, 0.6) is 0 Å². The highest BCUT2D eigenvalue weighted by atomic mass is 16.1. The maximum Gasteiger partial charge on any atom is 0.224 e. The first-order chi connectivity index (χ1) is 8.02. The fraction of sp³-hybridized carbons (Fsp3) is 0.923. The molecule has 2 N–H and O–H groups in total. The van der Waals surface area contributed by atoms with Gasteiger partial charge in [-0.15, -0.1) is 0 Å². The van der Waals surface area contributed by atoms with Gasteiger partial charge in [-0.2, -0.15) is 0 Å². The van der Waals surface area contributed by atoms with Crippen molar-refractivity contribution in [1.82, 2.24) is 15.5 Å². The fourth-order valence-electron chi connectivity index (χ4n) is 2.44. The molecule has 1 amide bonds. The van der Waals surface area contributed by atoms with Crippen LogP contribution in [-0.4, -0.2) is 49.1 Å². The van der Waals surface area contributed by atoms with E-state index < -0.39 is 0 Å². The van der Waals surface area contributed by atoms with Gasteiger partial charge in [-0.1, -0.05) is 0 Å². The van der Waals surface area contributed by atoms with Crippen molar-refractivity contribution in [3.05, 3.63) is 0 Å². The number of nitrogens with one attached hydrogen (secondary N) is 2. The lowest BCUT2D eigenvalue weighted by Gasteiger charge is -2.30. The first-order valence-corrected chi connectivity index (χ1v) is 6.76. The maximum atomic E-state index is 11.8. The topological polar surface area (TPSA) is 44.4 Å². The highest BCUT2D eigenvalue weighted by Crippen LogP contribution is 2.07. The van der Waals surface area contributed by atoms with Crippen LogP contribution in [0.15, 0.2) is 0 Å². The molecule has 1 fully saturated rings. The summed E-state index contributed by atoms with van der Waals surface area (Å²) in [6.45, 7) is 12.3. The summed E-state index contributed by atoms with van der Waals surface area (Å²) in [5, 5.41) is 6.26. The molecule has 1 rings (SSSR count). The molecular formula is C13H27N3O. The number of amides is 1. The lowest BCUT2D eigenvalue weighted by Crippen LogP contribution is -2.43. The molecule has 1 aliphatic rings. The zero-order chi connectivity index (χ0) is 12.8. The summed E-state index contributed by atoms with van der Waals surface area (Å²) in [7, 11) is 0. The van der Waals surface area contributed by atoms with Gasteiger partial charge in [0.2, 0.25) is 5.91 Å². The van der Waals surface area contributed by atoms with Crippen LogP contribution in [0.3, 0.4) is 0 Å². The van der Waals surface area contributed by atoms with Crippen LogP contribution in [0.1, 0.15) is 34.1 Å². The van der Waals surface area contributed by atoms with E-state index in [-0.39, 0.29) is 11.8 Å². The van der Waals surface area contributed by atoms with Crippen LogP contribution < -0.4 is 10.6 Å². The molecule has 0 aromatic rings. The zero-order valence-electron chi connectivity index (χ0n) is 11.6. The predicted molar refractivity (Wildman–Crippen MR) is 71.0 cm³/mol. The molecule has 1 atom stereocenters. The minimum Gasteiger partial charge on any atom is -0.355 e. The molecule has 1 aliphatic heterocycles. The molecule has 0 aliphatic carbocycles. The van der Waals surface area contributed by atoms with Crippen LogP contribution in [-0.2, 0) is 4.79 Å². The Morgan fingerprint density at radius 2 is 2.00 bits per heavy atom. The SMILES string of the molecule is CC(C)N(CCNC(=O)C1CCNC1)C(C)C. The molecule has 4 heteroatoms. The molecule has 1 saturated heterocycles. The Labute approximate surface area is 105 Å². The van der Waals surface area contributed by atoms with E-state index in [2.05, 4.69) is 43.2 Å². The third kappa shape index (κ3) is 4.64. The zero-order valence-corrected chi connectivity index (χ0v) is 11.6. The monoisotopic (exact) mass is 241 g/mol. The first kappa shape index (κ1) is 14.5. The van der Waals surface area contributed by atoms with E-state index in [0.717, 1.165) is 32.6 Å². The van der Waals surface area contributed by atoms with Gasteiger partial charge in [0, 0.05) is 31.7 Å². The van der Waals surface area contributed by atoms with Gasteiger partial charge in [0.25, 0.3) is 0 Å². The molecule has 17 heavy (non-hydrogen) atoms. The molecule has 1 heterocycles. The van der Waals surface area contributed by atoms with E-state index in [0.29, 0.717) is 12.1 Å². The van der Waals surface area contributed by atoms with Crippen LogP contribution in [0.4, 0.5) is 0 Å². The Bertz CT molecular complexity index is 227. The number of hydrogen-bond acceptors (Lipinski definition) is 3. The van der Waals surface area contributed by atoms with E-state index in [4.69, 9.17) is 0 Å². The standard InChI is InChI=1S/C13H27N3O/c1-10(2)16(11(3)4)8-7-15-13(17)12-5-6-14-9-12/h10-12,14H,5-9H2,1-4H3,(H,15,17). The smallest absolute Gasteiger partial charge is 0.224 e. The Balaban J connectivity index is 2.23. The van der Waals surface area contributed by atoms with Gasteiger partial charge in [0.1, 0.15) is 0 Å². The Hall–Kier alpha value is -0.610. The van der Waals surface area contributed by atoms with Gasteiger partial charge in [0.05, 0.1) is 5.92 Å². The van der Waals surface area contributed by atoms with Crippen molar-refractivity contribution in [2.24, 2.45) is 5.92 Å². The fourth-order valence-corrected chi connectivity index (χ4v) is 2.44. The van der Waals surface area contributed by atoms with E-state index in [9.17, 15) is 4.79 Å². The number of rotatable bonds is 6. The molecule has 0 radical (unpaired) electrons. The van der Waals surface area contributed by atoms with Gasteiger partial charge in [-0.3, -0.25) is 9.69 Å². The Morgan fingerprint density at radius 3 is 2.47 bits per heavy atom. The van der Waals surface area contributed by atoms with Gasteiger partial charge in [-0.25, -0.2) is 0 Å². The van der Waals surface area contributed by atoms with Crippen LogP contribution in [0.25, 0.3) is 0 Å². The molecular weight excluding hydrogens is 214 g/mol. The average Bonchev–Trinajstić information content (AvgIpc) is 2.76. The summed E-state index contributed by atoms with van der Waals surface area (Å²) in [6, 6.07) is 1.06. The number of nitrogens with zero attached hydrogens (tertiary/aromatic N) is 1. The summed E-state index contributed by atoms with van der Waals surface area (Å²) in [4.78, 5) is 14.2. The minimum atomic E-state index is 0.182. The van der Waals surface area contributed by atoms with Crippen LogP contribution >= 0.6 is 0 Å². The van der Waals surface area contributed by atoms with Crippen LogP contribution in [0.2, 0.25) is 0 Å². The molecule has 4 nitrogen and oxygen atoms in total. The van der Waals surface area contributed by atoms with E-state index in [1.165, 1.54) is 0 Å². The first-order valence-electron chi connectivity index (χ1n) is 6.76. The summed E-state index contributed by atoms with van der Waals surface area (Å²) in [5.41, 5.74) is 0. The molecule has 0 bridgehead atoms. The maximum absolute atomic E-state index is 11.8. The highest BCUT2D eigenvalue weighted by Gasteiger charge is 2.22. The van der Waals surface area contributed by atoms with Crippen molar-refractivity contribution in [2.75, 3.05) is 26.2 Å². The summed E-state index contributed by atoms with van der Waals surface area (Å²) in [6.07, 6.45) is 0.976. The lowest BCUT2D eigenvalue weighted by atomic mass is 10.1. The molecule has 1 unspecified atom stereocenters. The quantitative estimate of drug-likeness (QED) is 0.724. The summed E-state index contributed by atoms with van der Waals surface area (Å²) >= 11 is 0. The van der Waals surface area contributed by atoms with Gasteiger partial charge >= 0.3 is 0 Å². The molecule has 0 saturated carbocycles. The average molecular weight is 241 g/mol. The Kier molecular flexibility index (Phi) is 5.92. The largest absolute Gasteiger partial charge is 0.355 e.